The van der Waals surface area contributed by atoms with E-state index in [1.807, 2.05) is 6.92 Å². The highest BCUT2D eigenvalue weighted by atomic mass is 32.1. The number of hydrogen-bond acceptors (Lipinski definition) is 3. The number of unbranched alkanes of at least 4 members (excludes halogenated alkanes) is 1. The largest absolute Gasteiger partial charge is 0.323 e. The maximum atomic E-state index is 11.1. The highest BCUT2D eigenvalue weighted by Crippen LogP contribution is 2.22. The van der Waals surface area contributed by atoms with Gasteiger partial charge in [-0.1, -0.05) is 13.3 Å². The first-order valence-corrected chi connectivity index (χ1v) is 4.39. The molecule has 1 saturated heterocycles. The number of carbonyl (C=O) groups excluding carboxylic acids is 2. The standard InChI is InChI=1S/C7H12N2O2S/c1-2-3-4-7(12)5(10)8-6(11)9-7/h12H,2-4H2,1H3,(H2,8,9,10,11). The molecule has 1 heterocycles. The van der Waals surface area contributed by atoms with Gasteiger partial charge < -0.3 is 5.32 Å². The third kappa shape index (κ3) is 1.72. The molecule has 68 valence electrons. The molecule has 1 unspecified atom stereocenters. The molecule has 3 amide bonds. The normalized spacial score (nSPS) is 28.5. The minimum atomic E-state index is -0.979. The summed E-state index contributed by atoms with van der Waals surface area (Å²) in [4.78, 5) is 20.9. The third-order valence-electron chi connectivity index (χ3n) is 1.82. The first-order valence-electron chi connectivity index (χ1n) is 3.94. The Morgan fingerprint density at radius 3 is 2.58 bits per heavy atom. The van der Waals surface area contributed by atoms with Crippen LogP contribution in [0.5, 0.6) is 0 Å². The van der Waals surface area contributed by atoms with Crippen molar-refractivity contribution in [2.75, 3.05) is 0 Å². The second kappa shape index (κ2) is 3.35. The molecule has 1 fully saturated rings. The van der Waals surface area contributed by atoms with E-state index in [1.54, 1.807) is 0 Å². The molecule has 0 bridgehead atoms. The predicted molar refractivity (Wildman–Crippen MR) is 47.9 cm³/mol. The molecule has 1 rings (SSSR count). The van der Waals surface area contributed by atoms with Crippen molar-refractivity contribution < 1.29 is 9.59 Å². The Balaban J connectivity index is 2.58. The Morgan fingerprint density at radius 1 is 1.50 bits per heavy atom. The van der Waals surface area contributed by atoms with E-state index in [1.165, 1.54) is 0 Å². The van der Waals surface area contributed by atoms with Gasteiger partial charge in [0.1, 0.15) is 0 Å². The number of rotatable bonds is 3. The molecule has 1 aliphatic rings. The van der Waals surface area contributed by atoms with Gasteiger partial charge in [0.15, 0.2) is 4.87 Å². The van der Waals surface area contributed by atoms with Crippen LogP contribution in [0.4, 0.5) is 4.79 Å². The zero-order valence-corrected chi connectivity index (χ0v) is 7.78. The summed E-state index contributed by atoms with van der Waals surface area (Å²) in [6, 6.07) is -0.453. The fourth-order valence-electron chi connectivity index (χ4n) is 1.09. The van der Waals surface area contributed by atoms with Crippen LogP contribution in [0.2, 0.25) is 0 Å². The molecular formula is C7H12N2O2S. The summed E-state index contributed by atoms with van der Waals surface area (Å²) in [7, 11) is 0. The van der Waals surface area contributed by atoms with Crippen LogP contribution in [0.1, 0.15) is 26.2 Å². The first-order chi connectivity index (χ1) is 5.58. The average molecular weight is 188 g/mol. The van der Waals surface area contributed by atoms with E-state index in [2.05, 4.69) is 23.3 Å². The molecule has 1 atom stereocenters. The highest BCUT2D eigenvalue weighted by Gasteiger charge is 2.42. The predicted octanol–water partition coefficient (Wildman–Crippen LogP) is 0.642. The molecule has 12 heavy (non-hydrogen) atoms. The molecule has 0 saturated carbocycles. The SMILES string of the molecule is CCCCC1(S)NC(=O)NC1=O. The van der Waals surface area contributed by atoms with Crippen molar-refractivity contribution in [1.82, 2.24) is 10.6 Å². The second-order valence-corrected chi connectivity index (χ2v) is 3.64. The molecule has 0 spiro atoms. The van der Waals surface area contributed by atoms with Crippen LogP contribution >= 0.6 is 12.6 Å². The molecule has 2 N–H and O–H groups in total. The van der Waals surface area contributed by atoms with Gasteiger partial charge >= 0.3 is 6.03 Å². The molecule has 4 nitrogen and oxygen atoms in total. The first kappa shape index (κ1) is 9.38. The Labute approximate surface area is 76.5 Å². The van der Waals surface area contributed by atoms with Crippen LogP contribution in [0, 0.1) is 0 Å². The molecular weight excluding hydrogens is 176 g/mol. The number of hydrogen-bond donors (Lipinski definition) is 3. The Bertz CT molecular complexity index is 219. The highest BCUT2D eigenvalue weighted by molar-refractivity contribution is 7.82. The van der Waals surface area contributed by atoms with Gasteiger partial charge in [0.05, 0.1) is 0 Å². The van der Waals surface area contributed by atoms with E-state index in [-0.39, 0.29) is 5.91 Å². The number of urea groups is 1. The van der Waals surface area contributed by atoms with Crippen molar-refractivity contribution in [3.63, 3.8) is 0 Å². The molecule has 0 aromatic heterocycles. The second-order valence-electron chi connectivity index (χ2n) is 2.87. The van der Waals surface area contributed by atoms with Crippen molar-refractivity contribution in [2.24, 2.45) is 0 Å². The number of thiol groups is 1. The fourth-order valence-corrected chi connectivity index (χ4v) is 1.41. The van der Waals surface area contributed by atoms with E-state index in [0.29, 0.717) is 6.42 Å². The van der Waals surface area contributed by atoms with Gasteiger partial charge in [0.25, 0.3) is 5.91 Å². The molecule has 0 radical (unpaired) electrons. The third-order valence-corrected chi connectivity index (χ3v) is 2.35. The van der Waals surface area contributed by atoms with Gasteiger partial charge in [-0.3, -0.25) is 10.1 Å². The lowest BCUT2D eigenvalue weighted by atomic mass is 10.1. The van der Waals surface area contributed by atoms with E-state index in [0.717, 1.165) is 12.8 Å². The van der Waals surface area contributed by atoms with Crippen LogP contribution in [0.3, 0.4) is 0 Å². The fraction of sp³-hybridized carbons (Fsp3) is 0.714. The van der Waals surface area contributed by atoms with Gasteiger partial charge in [-0.2, -0.15) is 0 Å². The van der Waals surface area contributed by atoms with Crippen LogP contribution < -0.4 is 10.6 Å². The van der Waals surface area contributed by atoms with Crippen molar-refractivity contribution >= 4 is 24.6 Å². The smallest absolute Gasteiger partial charge is 0.315 e. The van der Waals surface area contributed by atoms with Gasteiger partial charge in [-0.15, -0.1) is 12.6 Å². The zero-order valence-electron chi connectivity index (χ0n) is 6.89. The van der Waals surface area contributed by atoms with Crippen molar-refractivity contribution in [1.29, 1.82) is 0 Å². The topological polar surface area (TPSA) is 58.2 Å². The Morgan fingerprint density at radius 2 is 2.17 bits per heavy atom. The zero-order chi connectivity index (χ0) is 9.19. The summed E-state index contributed by atoms with van der Waals surface area (Å²) in [5.74, 6) is -0.343. The average Bonchev–Trinajstić information content (AvgIpc) is 2.23. The van der Waals surface area contributed by atoms with Gasteiger partial charge in [0, 0.05) is 0 Å². The van der Waals surface area contributed by atoms with Gasteiger partial charge in [0.2, 0.25) is 0 Å². The lowest BCUT2D eigenvalue weighted by Gasteiger charge is -2.18. The number of nitrogens with one attached hydrogen (secondary N) is 2. The summed E-state index contributed by atoms with van der Waals surface area (Å²) < 4.78 is 0. The number of amides is 3. The molecule has 0 aromatic carbocycles. The van der Waals surface area contributed by atoms with E-state index in [4.69, 9.17) is 0 Å². The molecule has 1 aliphatic heterocycles. The van der Waals surface area contributed by atoms with Gasteiger partial charge in [-0.25, -0.2) is 4.79 Å². The maximum absolute atomic E-state index is 11.1. The van der Waals surface area contributed by atoms with Crippen LogP contribution in [0.15, 0.2) is 0 Å². The van der Waals surface area contributed by atoms with E-state index in [9.17, 15) is 9.59 Å². The number of carbonyl (C=O) groups is 2. The quantitative estimate of drug-likeness (QED) is 0.449. The maximum Gasteiger partial charge on any atom is 0.323 e. The lowest BCUT2D eigenvalue weighted by Crippen LogP contribution is -2.40. The van der Waals surface area contributed by atoms with Crippen LogP contribution in [0.25, 0.3) is 0 Å². The summed E-state index contributed by atoms with van der Waals surface area (Å²) in [5, 5.41) is 4.63. The van der Waals surface area contributed by atoms with Crippen LogP contribution in [-0.4, -0.2) is 16.8 Å². The number of imide groups is 1. The minimum absolute atomic E-state index is 0.343. The monoisotopic (exact) mass is 188 g/mol. The lowest BCUT2D eigenvalue weighted by molar-refractivity contribution is -0.121. The summed E-state index contributed by atoms with van der Waals surface area (Å²) in [6.07, 6.45) is 2.42. The van der Waals surface area contributed by atoms with Gasteiger partial charge in [-0.05, 0) is 12.8 Å². The van der Waals surface area contributed by atoms with Crippen molar-refractivity contribution in [2.45, 2.75) is 31.1 Å². The van der Waals surface area contributed by atoms with E-state index < -0.39 is 10.9 Å². The summed E-state index contributed by atoms with van der Waals surface area (Å²) >= 11 is 4.13. The molecule has 0 aromatic rings. The van der Waals surface area contributed by atoms with E-state index >= 15 is 0 Å². The molecule has 0 aliphatic carbocycles. The summed E-state index contributed by atoms with van der Waals surface area (Å²) in [5.41, 5.74) is 0. The molecule has 5 heteroatoms. The van der Waals surface area contributed by atoms with Crippen molar-refractivity contribution in [3.05, 3.63) is 0 Å². The Hall–Kier alpha value is -0.710. The minimum Gasteiger partial charge on any atom is -0.315 e. The Kier molecular flexibility index (Phi) is 2.62. The van der Waals surface area contributed by atoms with Crippen LogP contribution in [-0.2, 0) is 4.79 Å². The summed E-state index contributed by atoms with van der Waals surface area (Å²) in [6.45, 7) is 2.02. The van der Waals surface area contributed by atoms with Crippen molar-refractivity contribution in [3.8, 4) is 0 Å².